The molecule has 0 spiro atoms. The summed E-state index contributed by atoms with van der Waals surface area (Å²) in [5.74, 6) is -1.30. The van der Waals surface area contributed by atoms with Crippen LogP contribution in [-0.4, -0.2) is 50.5 Å². The van der Waals surface area contributed by atoms with E-state index in [0.717, 1.165) is 34.3 Å². The van der Waals surface area contributed by atoms with Crippen LogP contribution >= 0.6 is 0 Å². The molecule has 232 valence electrons. The number of nitrogens with zero attached hydrogens (tertiary/aromatic N) is 2. The van der Waals surface area contributed by atoms with E-state index in [-0.39, 0.29) is 43.9 Å². The number of carbonyl (C=O) groups is 2. The van der Waals surface area contributed by atoms with E-state index in [4.69, 9.17) is 0 Å². The van der Waals surface area contributed by atoms with Crippen LogP contribution in [0.2, 0.25) is 0 Å². The molecule has 0 heterocycles. The second-order valence-corrected chi connectivity index (χ2v) is 12.0. The van der Waals surface area contributed by atoms with Crippen molar-refractivity contribution >= 4 is 27.5 Å². The highest BCUT2D eigenvalue weighted by Crippen LogP contribution is 2.32. The summed E-state index contributed by atoms with van der Waals surface area (Å²) in [6.45, 7) is 2.01. The van der Waals surface area contributed by atoms with Gasteiger partial charge in [-0.3, -0.25) is 13.9 Å². The van der Waals surface area contributed by atoms with Crippen molar-refractivity contribution in [3.8, 4) is 0 Å². The van der Waals surface area contributed by atoms with E-state index in [9.17, 15) is 35.6 Å². The average molecular weight is 622 g/mol. The highest BCUT2D eigenvalue weighted by Gasteiger charge is 2.32. The summed E-state index contributed by atoms with van der Waals surface area (Å²) in [5, 5.41) is 2.84. The maximum atomic E-state index is 13.7. The van der Waals surface area contributed by atoms with Crippen LogP contribution in [0.3, 0.4) is 0 Å². The summed E-state index contributed by atoms with van der Waals surface area (Å²) in [6.07, 6.45) is -3.14. The molecule has 43 heavy (non-hydrogen) atoms. The lowest BCUT2D eigenvalue weighted by molar-refractivity contribution is -0.141. The fourth-order valence-electron chi connectivity index (χ4n) is 4.55. The molecule has 0 aromatic heterocycles. The third kappa shape index (κ3) is 10.1. The van der Waals surface area contributed by atoms with Crippen LogP contribution in [0.15, 0.2) is 78.9 Å². The van der Waals surface area contributed by atoms with E-state index in [0.29, 0.717) is 18.5 Å². The Morgan fingerprint density at radius 2 is 1.60 bits per heavy atom. The van der Waals surface area contributed by atoms with Crippen molar-refractivity contribution in [3.63, 3.8) is 0 Å². The van der Waals surface area contributed by atoms with Gasteiger partial charge in [-0.1, -0.05) is 55.5 Å². The first kappa shape index (κ1) is 33.6. The molecule has 1 unspecified atom stereocenters. The highest BCUT2D eigenvalue weighted by atomic mass is 32.2. The third-order valence-electron chi connectivity index (χ3n) is 6.70. The topological polar surface area (TPSA) is 86.8 Å². The van der Waals surface area contributed by atoms with E-state index < -0.39 is 39.5 Å². The molecule has 0 aliphatic heterocycles. The maximum Gasteiger partial charge on any atom is 0.416 e. The molecule has 1 N–H and O–H groups in total. The lowest BCUT2D eigenvalue weighted by atomic mass is 10.0. The van der Waals surface area contributed by atoms with E-state index in [1.165, 1.54) is 35.2 Å². The lowest BCUT2D eigenvalue weighted by Gasteiger charge is -2.32. The Balaban J connectivity index is 1.88. The Hall–Kier alpha value is -3.93. The first-order chi connectivity index (χ1) is 20.3. The van der Waals surface area contributed by atoms with Gasteiger partial charge in [-0.05, 0) is 54.3 Å². The number of halogens is 4. The Morgan fingerprint density at radius 3 is 2.21 bits per heavy atom. The van der Waals surface area contributed by atoms with Crippen LogP contribution in [0.4, 0.5) is 23.2 Å². The first-order valence-corrected chi connectivity index (χ1v) is 15.6. The van der Waals surface area contributed by atoms with E-state index in [1.807, 2.05) is 37.3 Å². The molecule has 0 saturated heterocycles. The molecule has 3 rings (SSSR count). The van der Waals surface area contributed by atoms with Gasteiger partial charge in [0.1, 0.15) is 11.9 Å². The van der Waals surface area contributed by atoms with Gasteiger partial charge in [0.05, 0.1) is 17.5 Å². The largest absolute Gasteiger partial charge is 0.416 e. The summed E-state index contributed by atoms with van der Waals surface area (Å²) >= 11 is 0. The molecule has 3 aromatic rings. The number of hydrogen-bond acceptors (Lipinski definition) is 4. The van der Waals surface area contributed by atoms with E-state index in [1.54, 1.807) is 0 Å². The minimum Gasteiger partial charge on any atom is -0.354 e. The van der Waals surface area contributed by atoms with E-state index >= 15 is 0 Å². The molecular formula is C31H35F4N3O4S. The maximum absolute atomic E-state index is 13.7. The smallest absolute Gasteiger partial charge is 0.354 e. The van der Waals surface area contributed by atoms with Crippen molar-refractivity contribution < 1.29 is 35.6 Å². The number of carbonyl (C=O) groups excluding carboxylic acids is 2. The second-order valence-electron chi connectivity index (χ2n) is 10.1. The minimum absolute atomic E-state index is 0.0143. The van der Waals surface area contributed by atoms with Crippen molar-refractivity contribution in [1.29, 1.82) is 0 Å². The van der Waals surface area contributed by atoms with Gasteiger partial charge in [-0.2, -0.15) is 13.2 Å². The Bertz CT molecular complexity index is 1470. The summed E-state index contributed by atoms with van der Waals surface area (Å²) < 4.78 is 79.3. The Labute approximate surface area is 249 Å². The predicted octanol–water partition coefficient (Wildman–Crippen LogP) is 5.56. The van der Waals surface area contributed by atoms with Gasteiger partial charge in [0.25, 0.3) is 0 Å². The van der Waals surface area contributed by atoms with Crippen molar-refractivity contribution in [2.75, 3.05) is 23.7 Å². The van der Waals surface area contributed by atoms with Crippen LogP contribution < -0.4 is 9.62 Å². The van der Waals surface area contributed by atoms with Crippen LogP contribution in [0.25, 0.3) is 0 Å². The molecule has 7 nitrogen and oxygen atoms in total. The molecule has 1 atom stereocenters. The van der Waals surface area contributed by atoms with Gasteiger partial charge in [0, 0.05) is 32.5 Å². The van der Waals surface area contributed by atoms with Crippen LogP contribution in [-0.2, 0) is 38.8 Å². The number of alkyl halides is 3. The molecule has 3 aromatic carbocycles. The van der Waals surface area contributed by atoms with Gasteiger partial charge in [0.15, 0.2) is 0 Å². The van der Waals surface area contributed by atoms with E-state index in [2.05, 4.69) is 5.32 Å². The lowest BCUT2D eigenvalue weighted by Crippen LogP contribution is -2.50. The summed E-state index contributed by atoms with van der Waals surface area (Å²) in [4.78, 5) is 28.5. The van der Waals surface area contributed by atoms with Gasteiger partial charge >= 0.3 is 6.18 Å². The van der Waals surface area contributed by atoms with Crippen LogP contribution in [0.5, 0.6) is 0 Å². The summed E-state index contributed by atoms with van der Waals surface area (Å²) in [5.41, 5.74) is 0.220. The first-order valence-electron chi connectivity index (χ1n) is 13.8. The summed E-state index contributed by atoms with van der Waals surface area (Å²) in [6, 6.07) is 17.7. The zero-order chi connectivity index (χ0) is 31.6. The molecule has 0 aliphatic rings. The number of anilines is 1. The number of sulfonamides is 1. The van der Waals surface area contributed by atoms with Gasteiger partial charge < -0.3 is 10.2 Å². The molecule has 0 saturated carbocycles. The summed E-state index contributed by atoms with van der Waals surface area (Å²) in [7, 11) is -3.99. The monoisotopic (exact) mass is 621 g/mol. The Morgan fingerprint density at radius 1 is 0.930 bits per heavy atom. The third-order valence-corrected chi connectivity index (χ3v) is 7.89. The number of benzene rings is 3. The average Bonchev–Trinajstić information content (AvgIpc) is 2.96. The quantitative estimate of drug-likeness (QED) is 0.239. The minimum atomic E-state index is -4.66. The molecule has 0 radical (unpaired) electrons. The van der Waals surface area contributed by atoms with Gasteiger partial charge in [-0.25, -0.2) is 12.8 Å². The number of nitrogens with one attached hydrogen (secondary N) is 1. The molecular weight excluding hydrogens is 586 g/mol. The number of rotatable bonds is 14. The molecule has 0 fully saturated rings. The fourth-order valence-corrected chi connectivity index (χ4v) is 5.51. The molecule has 0 bridgehead atoms. The Kier molecular flexibility index (Phi) is 11.7. The zero-order valence-electron chi connectivity index (χ0n) is 24.0. The van der Waals surface area contributed by atoms with Crippen LogP contribution in [0, 0.1) is 5.82 Å². The highest BCUT2D eigenvalue weighted by molar-refractivity contribution is 7.92. The zero-order valence-corrected chi connectivity index (χ0v) is 24.8. The predicted molar refractivity (Wildman–Crippen MR) is 157 cm³/mol. The fraction of sp³-hybridized carbons (Fsp3) is 0.355. The SMILES string of the molecule is CCCNC(=O)C(Cc1ccccc1)N(Cc1ccc(F)cc1)C(=O)CCCN(c1cccc(C(F)(F)F)c1)S(C)(=O)=O. The van der Waals surface area contributed by atoms with Crippen molar-refractivity contribution in [2.45, 2.75) is 51.4 Å². The molecule has 2 amide bonds. The number of amides is 2. The van der Waals surface area contributed by atoms with Crippen molar-refractivity contribution in [1.82, 2.24) is 10.2 Å². The normalized spacial score (nSPS) is 12.4. The van der Waals surface area contributed by atoms with Gasteiger partial charge in [-0.15, -0.1) is 0 Å². The molecule has 0 aliphatic carbocycles. The number of hydrogen-bond donors (Lipinski definition) is 1. The second kappa shape index (κ2) is 15.0. The van der Waals surface area contributed by atoms with Crippen LogP contribution in [0.1, 0.15) is 42.9 Å². The molecule has 12 heteroatoms. The van der Waals surface area contributed by atoms with Crippen molar-refractivity contribution in [3.05, 3.63) is 101 Å². The standard InChI is InChI=1S/C31H35F4N3O4S/c1-3-18-36-30(40)28(20-23-9-5-4-6-10-23)37(22-24-14-16-26(32)17-15-24)29(39)13-8-19-38(43(2,41)42)27-12-7-11-25(21-27)31(33,34)35/h4-7,9-12,14-17,21,28H,3,8,13,18-20,22H2,1-2H3,(H,36,40). The van der Waals surface area contributed by atoms with Gasteiger partial charge in [0.2, 0.25) is 21.8 Å². The van der Waals surface area contributed by atoms with Crippen molar-refractivity contribution in [2.24, 2.45) is 0 Å².